The predicted octanol–water partition coefficient (Wildman–Crippen LogP) is 5.45. The summed E-state index contributed by atoms with van der Waals surface area (Å²) in [7, 11) is 0. The van der Waals surface area contributed by atoms with Gasteiger partial charge in [-0.25, -0.2) is 15.0 Å². The molecule has 8 nitrogen and oxygen atoms in total. The van der Waals surface area contributed by atoms with Crippen LogP contribution in [0.3, 0.4) is 0 Å². The minimum atomic E-state index is -0.216. The number of aromatic nitrogens is 3. The number of ether oxygens (including phenoxy) is 1. The number of thiazole rings is 1. The van der Waals surface area contributed by atoms with Crippen molar-refractivity contribution in [3.63, 3.8) is 0 Å². The molecule has 4 aromatic rings. The maximum Gasteiger partial charge on any atom is 0.251 e. The Hall–Kier alpha value is -3.53. The lowest BCUT2D eigenvalue weighted by atomic mass is 10.1. The molecule has 0 radical (unpaired) electrons. The first-order valence-corrected chi connectivity index (χ1v) is 13.4. The molecule has 190 valence electrons. The van der Waals surface area contributed by atoms with Crippen LogP contribution in [0.5, 0.6) is 11.6 Å². The first-order valence-electron chi connectivity index (χ1n) is 12.1. The number of carbonyl (C=O) groups is 1. The average Bonchev–Trinajstić information content (AvgIpc) is 3.38. The van der Waals surface area contributed by atoms with E-state index in [9.17, 15) is 4.79 Å². The number of amides is 1. The Morgan fingerprint density at radius 2 is 2.11 bits per heavy atom. The van der Waals surface area contributed by atoms with Gasteiger partial charge in [0, 0.05) is 35.9 Å². The first-order chi connectivity index (χ1) is 18.1. The van der Waals surface area contributed by atoms with Gasteiger partial charge >= 0.3 is 0 Å². The van der Waals surface area contributed by atoms with Crippen LogP contribution in [-0.2, 0) is 6.54 Å². The molecule has 37 heavy (non-hydrogen) atoms. The lowest BCUT2D eigenvalue weighted by Crippen LogP contribution is -2.38. The zero-order chi connectivity index (χ0) is 25.6. The number of rotatable bonds is 8. The third-order valence-corrected chi connectivity index (χ3v) is 7.31. The van der Waals surface area contributed by atoms with E-state index in [4.69, 9.17) is 21.3 Å². The van der Waals surface area contributed by atoms with E-state index in [-0.39, 0.29) is 5.91 Å². The van der Waals surface area contributed by atoms with Crippen LogP contribution in [0.4, 0.5) is 5.95 Å². The highest BCUT2D eigenvalue weighted by molar-refractivity contribution is 7.13. The molecule has 1 aliphatic rings. The number of hydrogen-bond acceptors (Lipinski definition) is 8. The van der Waals surface area contributed by atoms with Gasteiger partial charge in [-0.1, -0.05) is 35.9 Å². The van der Waals surface area contributed by atoms with Crippen LogP contribution in [0, 0.1) is 6.92 Å². The number of carbonyl (C=O) groups excluding carboxylic acids is 1. The molecule has 1 aliphatic heterocycles. The third-order valence-electron chi connectivity index (χ3n) is 6.11. The molecule has 0 saturated carbocycles. The molecular formula is C27H27ClN6O2S. The molecular weight excluding hydrogens is 508 g/mol. The van der Waals surface area contributed by atoms with Gasteiger partial charge in [0.2, 0.25) is 11.8 Å². The summed E-state index contributed by atoms with van der Waals surface area (Å²) in [5.41, 5.74) is 4.67. The minimum Gasteiger partial charge on any atom is -0.437 e. The molecule has 1 unspecified atom stereocenters. The zero-order valence-electron chi connectivity index (χ0n) is 20.3. The number of nitrogens with one attached hydrogen (secondary N) is 3. The van der Waals surface area contributed by atoms with E-state index in [1.165, 1.54) is 11.3 Å². The van der Waals surface area contributed by atoms with E-state index < -0.39 is 0 Å². The zero-order valence-corrected chi connectivity index (χ0v) is 21.9. The quantitative estimate of drug-likeness (QED) is 0.276. The SMILES string of the molecule is Cc1ccc(C(=O)NCc2ccccc2Cl)cc1Oc1ncsc1-c1ccnc(NC2CCCNC2)n1. The van der Waals surface area contributed by atoms with Crippen LogP contribution >= 0.6 is 22.9 Å². The van der Waals surface area contributed by atoms with Crippen molar-refractivity contribution in [1.29, 1.82) is 0 Å². The van der Waals surface area contributed by atoms with E-state index >= 15 is 0 Å². The van der Waals surface area contributed by atoms with Gasteiger partial charge in [-0.05, 0) is 61.7 Å². The van der Waals surface area contributed by atoms with Gasteiger partial charge in [0.15, 0.2) is 0 Å². The highest BCUT2D eigenvalue weighted by Gasteiger charge is 2.18. The van der Waals surface area contributed by atoms with Crippen molar-refractivity contribution < 1.29 is 9.53 Å². The summed E-state index contributed by atoms with van der Waals surface area (Å²) < 4.78 is 6.20. The van der Waals surface area contributed by atoms with E-state index in [0.717, 1.165) is 47.6 Å². The number of hydrogen-bond donors (Lipinski definition) is 3. The molecule has 1 atom stereocenters. The molecule has 0 aliphatic carbocycles. The minimum absolute atomic E-state index is 0.216. The molecule has 3 heterocycles. The maximum absolute atomic E-state index is 12.8. The van der Waals surface area contributed by atoms with Gasteiger partial charge < -0.3 is 20.7 Å². The number of nitrogens with zero attached hydrogens (tertiary/aromatic N) is 3. The summed E-state index contributed by atoms with van der Waals surface area (Å²) in [6.07, 6.45) is 3.94. The van der Waals surface area contributed by atoms with Crippen molar-refractivity contribution in [2.45, 2.75) is 32.4 Å². The van der Waals surface area contributed by atoms with Gasteiger partial charge in [0.05, 0.1) is 11.2 Å². The van der Waals surface area contributed by atoms with Gasteiger partial charge in [-0.15, -0.1) is 11.3 Å². The molecule has 0 bridgehead atoms. The van der Waals surface area contributed by atoms with Crippen LogP contribution in [0.1, 0.15) is 34.3 Å². The van der Waals surface area contributed by atoms with Gasteiger partial charge in [-0.2, -0.15) is 0 Å². The van der Waals surface area contributed by atoms with Crippen LogP contribution in [0.15, 0.2) is 60.2 Å². The topological polar surface area (TPSA) is 101 Å². The molecule has 5 rings (SSSR count). The normalized spacial score (nSPS) is 15.2. The van der Waals surface area contributed by atoms with Crippen molar-refractivity contribution >= 4 is 34.8 Å². The fraction of sp³-hybridized carbons (Fsp3) is 0.259. The molecule has 1 fully saturated rings. The Morgan fingerprint density at radius 3 is 2.95 bits per heavy atom. The van der Waals surface area contributed by atoms with E-state index in [0.29, 0.717) is 40.8 Å². The predicted molar refractivity (Wildman–Crippen MR) is 147 cm³/mol. The highest BCUT2D eigenvalue weighted by atomic mass is 35.5. The Bertz CT molecular complexity index is 1390. The Balaban J connectivity index is 1.31. The summed E-state index contributed by atoms with van der Waals surface area (Å²) in [5.74, 6) is 1.36. The van der Waals surface area contributed by atoms with E-state index in [2.05, 4.69) is 25.9 Å². The Morgan fingerprint density at radius 1 is 1.22 bits per heavy atom. The number of piperidine rings is 1. The summed E-state index contributed by atoms with van der Waals surface area (Å²) in [4.78, 5) is 27.1. The molecule has 1 saturated heterocycles. The van der Waals surface area contributed by atoms with E-state index in [1.807, 2.05) is 37.3 Å². The number of anilines is 1. The Kier molecular flexibility index (Phi) is 7.93. The van der Waals surface area contributed by atoms with Gasteiger partial charge in [0.1, 0.15) is 10.6 Å². The first kappa shape index (κ1) is 25.1. The molecule has 3 N–H and O–H groups in total. The smallest absolute Gasteiger partial charge is 0.251 e. The van der Waals surface area contributed by atoms with Gasteiger partial charge in [-0.3, -0.25) is 4.79 Å². The monoisotopic (exact) mass is 534 g/mol. The van der Waals surface area contributed by atoms with Crippen molar-refractivity contribution in [3.8, 4) is 22.2 Å². The lowest BCUT2D eigenvalue weighted by molar-refractivity contribution is 0.0950. The second kappa shape index (κ2) is 11.7. The van der Waals surface area contributed by atoms with Crippen LogP contribution in [0.25, 0.3) is 10.6 Å². The van der Waals surface area contributed by atoms with Crippen molar-refractivity contribution in [3.05, 3.63) is 82.0 Å². The fourth-order valence-corrected chi connectivity index (χ4v) is 4.95. The third kappa shape index (κ3) is 6.25. The summed E-state index contributed by atoms with van der Waals surface area (Å²) in [6, 6.07) is 14.9. The van der Waals surface area contributed by atoms with Crippen LogP contribution in [-0.4, -0.2) is 40.0 Å². The van der Waals surface area contributed by atoms with Crippen molar-refractivity contribution in [2.75, 3.05) is 18.4 Å². The molecule has 10 heteroatoms. The molecule has 2 aromatic carbocycles. The molecule has 1 amide bonds. The lowest BCUT2D eigenvalue weighted by Gasteiger charge is -2.23. The second-order valence-electron chi connectivity index (χ2n) is 8.80. The largest absolute Gasteiger partial charge is 0.437 e. The van der Waals surface area contributed by atoms with Crippen molar-refractivity contribution in [1.82, 2.24) is 25.6 Å². The average molecular weight is 535 g/mol. The standard InChI is InChI=1S/C27H27ClN6O2S/c1-17-8-9-18(25(35)31-14-19-5-2-3-7-21(19)28)13-23(17)36-26-24(37-16-32-26)22-10-12-30-27(34-22)33-20-6-4-11-29-15-20/h2-3,5,7-10,12-13,16,20,29H,4,6,11,14-15H2,1H3,(H,31,35)(H,30,33,34). The molecule has 0 spiro atoms. The second-order valence-corrected chi connectivity index (χ2v) is 10.1. The summed E-state index contributed by atoms with van der Waals surface area (Å²) >= 11 is 7.65. The molecule has 2 aromatic heterocycles. The van der Waals surface area contributed by atoms with Gasteiger partial charge in [0.25, 0.3) is 5.91 Å². The summed E-state index contributed by atoms with van der Waals surface area (Å²) in [5, 5.41) is 10.3. The van der Waals surface area contributed by atoms with Crippen LogP contribution < -0.4 is 20.7 Å². The van der Waals surface area contributed by atoms with E-state index in [1.54, 1.807) is 29.9 Å². The number of halogens is 1. The fourth-order valence-electron chi connectivity index (χ4n) is 4.07. The Labute approximate surface area is 224 Å². The highest BCUT2D eigenvalue weighted by Crippen LogP contribution is 2.36. The maximum atomic E-state index is 12.8. The number of aryl methyl sites for hydroxylation is 1. The van der Waals surface area contributed by atoms with Crippen LogP contribution in [0.2, 0.25) is 5.02 Å². The number of benzene rings is 2. The summed E-state index contributed by atoms with van der Waals surface area (Å²) in [6.45, 7) is 4.20. The van der Waals surface area contributed by atoms with Crippen molar-refractivity contribution in [2.24, 2.45) is 0 Å².